The summed E-state index contributed by atoms with van der Waals surface area (Å²) in [5.74, 6) is -0.296. The maximum atomic E-state index is 12.0. The molecule has 3 aromatic rings. The van der Waals surface area contributed by atoms with Crippen molar-refractivity contribution in [2.24, 2.45) is 0 Å². The summed E-state index contributed by atoms with van der Waals surface area (Å²) in [5, 5.41) is 4.42. The number of nitrogens with one attached hydrogen (secondary N) is 3. The second-order valence-corrected chi connectivity index (χ2v) is 5.44. The summed E-state index contributed by atoms with van der Waals surface area (Å²) < 4.78 is 1.41. The first-order chi connectivity index (χ1) is 10.0. The number of fused-ring (bicyclic) bond motifs is 1. The van der Waals surface area contributed by atoms with Crippen LogP contribution < -0.4 is 15.9 Å². The van der Waals surface area contributed by atoms with Crippen molar-refractivity contribution in [1.82, 2.24) is 14.5 Å². The number of nitrogens with zero attached hydrogens (tertiary/aromatic N) is 1. The number of thiazole rings is 1. The van der Waals surface area contributed by atoms with Gasteiger partial charge in [0.1, 0.15) is 6.54 Å². The SMILES string of the molecule is Cc1csc(=O)n1CC(=O)Nc1ccc2[nH]c(=O)[nH]c2c1. The Bertz CT molecular complexity index is 931. The zero-order chi connectivity index (χ0) is 15.0. The normalized spacial score (nSPS) is 10.9. The predicted octanol–water partition coefficient (Wildman–Crippen LogP) is 1.03. The molecule has 21 heavy (non-hydrogen) atoms. The molecule has 108 valence electrons. The lowest BCUT2D eigenvalue weighted by Crippen LogP contribution is -2.25. The Morgan fingerprint density at radius 1 is 1.29 bits per heavy atom. The third-order valence-electron chi connectivity index (χ3n) is 3.08. The molecule has 0 aliphatic heterocycles. The monoisotopic (exact) mass is 304 g/mol. The molecule has 3 N–H and O–H groups in total. The zero-order valence-electron chi connectivity index (χ0n) is 11.1. The maximum absolute atomic E-state index is 12.0. The average molecular weight is 304 g/mol. The first kappa shape index (κ1) is 13.4. The molecule has 0 bridgehead atoms. The fourth-order valence-corrected chi connectivity index (χ4v) is 2.78. The Morgan fingerprint density at radius 3 is 2.76 bits per heavy atom. The fraction of sp³-hybridized carbons (Fsp3) is 0.154. The van der Waals surface area contributed by atoms with Gasteiger partial charge in [-0.15, -0.1) is 0 Å². The van der Waals surface area contributed by atoms with Crippen LogP contribution in [-0.2, 0) is 11.3 Å². The second kappa shape index (κ2) is 5.06. The molecule has 0 spiro atoms. The van der Waals surface area contributed by atoms with E-state index in [1.807, 2.05) is 0 Å². The second-order valence-electron chi connectivity index (χ2n) is 4.62. The van der Waals surface area contributed by atoms with Gasteiger partial charge in [0.05, 0.1) is 11.0 Å². The fourth-order valence-electron chi connectivity index (χ4n) is 2.05. The van der Waals surface area contributed by atoms with Crippen LogP contribution in [0.2, 0.25) is 0 Å². The highest BCUT2D eigenvalue weighted by atomic mass is 32.1. The lowest BCUT2D eigenvalue weighted by molar-refractivity contribution is -0.116. The van der Waals surface area contributed by atoms with E-state index in [0.29, 0.717) is 16.7 Å². The van der Waals surface area contributed by atoms with E-state index in [2.05, 4.69) is 15.3 Å². The van der Waals surface area contributed by atoms with E-state index in [1.54, 1.807) is 30.5 Å². The van der Waals surface area contributed by atoms with Gasteiger partial charge in [-0.3, -0.25) is 14.2 Å². The minimum Gasteiger partial charge on any atom is -0.324 e. The Morgan fingerprint density at radius 2 is 2.05 bits per heavy atom. The number of rotatable bonds is 3. The number of hydrogen-bond donors (Lipinski definition) is 3. The van der Waals surface area contributed by atoms with E-state index >= 15 is 0 Å². The number of anilines is 1. The van der Waals surface area contributed by atoms with Crippen molar-refractivity contribution in [2.45, 2.75) is 13.5 Å². The van der Waals surface area contributed by atoms with Crippen LogP contribution in [-0.4, -0.2) is 20.4 Å². The van der Waals surface area contributed by atoms with Gasteiger partial charge in [-0.25, -0.2) is 4.79 Å². The van der Waals surface area contributed by atoms with Crippen molar-refractivity contribution in [3.63, 3.8) is 0 Å². The minimum absolute atomic E-state index is 0.0319. The van der Waals surface area contributed by atoms with E-state index in [1.165, 1.54) is 4.57 Å². The molecule has 7 nitrogen and oxygen atoms in total. The summed E-state index contributed by atoms with van der Waals surface area (Å²) in [6, 6.07) is 5.05. The first-order valence-electron chi connectivity index (χ1n) is 6.20. The lowest BCUT2D eigenvalue weighted by atomic mass is 10.2. The van der Waals surface area contributed by atoms with Crippen molar-refractivity contribution >= 4 is 34.0 Å². The molecule has 0 saturated heterocycles. The van der Waals surface area contributed by atoms with Crippen molar-refractivity contribution in [3.8, 4) is 0 Å². The molecule has 0 radical (unpaired) electrons. The van der Waals surface area contributed by atoms with Gasteiger partial charge in [-0.1, -0.05) is 11.3 Å². The average Bonchev–Trinajstić information content (AvgIpc) is 2.94. The highest BCUT2D eigenvalue weighted by Gasteiger charge is 2.09. The predicted molar refractivity (Wildman–Crippen MR) is 80.9 cm³/mol. The van der Waals surface area contributed by atoms with E-state index in [4.69, 9.17) is 0 Å². The molecule has 0 fully saturated rings. The van der Waals surface area contributed by atoms with Crippen LogP contribution in [0.25, 0.3) is 11.0 Å². The molecular weight excluding hydrogens is 292 g/mol. The smallest absolute Gasteiger partial charge is 0.323 e. The Kier molecular flexibility index (Phi) is 3.22. The molecule has 0 aliphatic rings. The molecule has 1 aromatic carbocycles. The Balaban J connectivity index is 1.80. The summed E-state index contributed by atoms with van der Waals surface area (Å²) in [6.45, 7) is 1.75. The van der Waals surface area contributed by atoms with Crippen LogP contribution in [0.15, 0.2) is 33.2 Å². The number of benzene rings is 1. The summed E-state index contributed by atoms with van der Waals surface area (Å²) in [7, 11) is 0. The summed E-state index contributed by atoms with van der Waals surface area (Å²) in [6.07, 6.45) is 0. The van der Waals surface area contributed by atoms with Gasteiger partial charge in [0.15, 0.2) is 0 Å². The van der Waals surface area contributed by atoms with Crippen molar-refractivity contribution in [1.29, 1.82) is 0 Å². The topological polar surface area (TPSA) is 99.8 Å². The number of aryl methyl sites for hydroxylation is 1. The molecular formula is C13H12N4O3S. The molecule has 2 heterocycles. The van der Waals surface area contributed by atoms with E-state index in [-0.39, 0.29) is 23.0 Å². The Labute approximate surface area is 122 Å². The number of carbonyl (C=O) groups excluding carboxylic acids is 1. The molecule has 8 heteroatoms. The van der Waals surface area contributed by atoms with Gasteiger partial charge in [-0.05, 0) is 25.1 Å². The minimum atomic E-state index is -0.297. The van der Waals surface area contributed by atoms with Gasteiger partial charge >= 0.3 is 10.6 Å². The van der Waals surface area contributed by atoms with E-state index in [0.717, 1.165) is 17.0 Å². The van der Waals surface area contributed by atoms with Crippen LogP contribution in [0.4, 0.5) is 5.69 Å². The number of aromatic nitrogens is 3. The zero-order valence-corrected chi connectivity index (χ0v) is 11.9. The van der Waals surface area contributed by atoms with Crippen molar-refractivity contribution in [3.05, 3.63) is 49.4 Å². The van der Waals surface area contributed by atoms with Crippen molar-refractivity contribution < 1.29 is 4.79 Å². The van der Waals surface area contributed by atoms with E-state index in [9.17, 15) is 14.4 Å². The van der Waals surface area contributed by atoms with Gasteiger partial charge in [-0.2, -0.15) is 0 Å². The van der Waals surface area contributed by atoms with Gasteiger partial charge in [0.25, 0.3) is 0 Å². The molecule has 0 aliphatic carbocycles. The van der Waals surface area contributed by atoms with Gasteiger partial charge < -0.3 is 15.3 Å². The largest absolute Gasteiger partial charge is 0.324 e. The third-order valence-corrected chi connectivity index (χ3v) is 3.96. The summed E-state index contributed by atoms with van der Waals surface area (Å²) in [5.41, 5.74) is 2.30. The van der Waals surface area contributed by atoms with E-state index < -0.39 is 0 Å². The number of aromatic amines is 2. The highest BCUT2D eigenvalue weighted by Crippen LogP contribution is 2.14. The molecule has 0 saturated carbocycles. The quantitative estimate of drug-likeness (QED) is 0.673. The van der Waals surface area contributed by atoms with Crippen LogP contribution in [0.5, 0.6) is 0 Å². The molecule has 0 unspecified atom stereocenters. The van der Waals surface area contributed by atoms with Crippen LogP contribution in [0.1, 0.15) is 5.69 Å². The van der Waals surface area contributed by atoms with Crippen molar-refractivity contribution in [2.75, 3.05) is 5.32 Å². The number of amides is 1. The van der Waals surface area contributed by atoms with Crippen LogP contribution in [0.3, 0.4) is 0 Å². The molecule has 2 aromatic heterocycles. The Hall–Kier alpha value is -2.61. The van der Waals surface area contributed by atoms with Crippen LogP contribution in [0, 0.1) is 6.92 Å². The number of hydrogen-bond acceptors (Lipinski definition) is 4. The maximum Gasteiger partial charge on any atom is 0.323 e. The van der Waals surface area contributed by atoms with Crippen LogP contribution >= 0.6 is 11.3 Å². The summed E-state index contributed by atoms with van der Waals surface area (Å²) >= 11 is 1.07. The van der Waals surface area contributed by atoms with Gasteiger partial charge in [0, 0.05) is 16.8 Å². The standard InChI is InChI=1S/C13H12N4O3S/c1-7-6-21-13(20)17(7)5-11(18)14-8-2-3-9-10(4-8)16-12(19)15-9/h2-4,6H,5H2,1H3,(H,14,18)(H2,15,16,19). The lowest BCUT2D eigenvalue weighted by Gasteiger charge is -2.06. The molecule has 1 amide bonds. The molecule has 0 atom stereocenters. The summed E-state index contributed by atoms with van der Waals surface area (Å²) in [4.78, 5) is 39.8. The third kappa shape index (κ3) is 2.65. The first-order valence-corrected chi connectivity index (χ1v) is 7.08. The van der Waals surface area contributed by atoms with Gasteiger partial charge in [0.2, 0.25) is 5.91 Å². The highest BCUT2D eigenvalue weighted by molar-refractivity contribution is 7.07. The number of H-pyrrole nitrogens is 2. The number of carbonyl (C=O) groups is 1. The number of imidazole rings is 1. The molecule has 3 rings (SSSR count).